The van der Waals surface area contributed by atoms with Gasteiger partial charge in [0.1, 0.15) is 0 Å². The fourth-order valence-electron chi connectivity index (χ4n) is 2.22. The van der Waals surface area contributed by atoms with Crippen molar-refractivity contribution in [1.29, 1.82) is 0 Å². The van der Waals surface area contributed by atoms with Gasteiger partial charge >= 0.3 is 18.3 Å². The van der Waals surface area contributed by atoms with Crippen LogP contribution in [0.1, 0.15) is 27.5 Å². The number of likely N-dealkylation sites (N-methyl/N-ethyl adjacent to an activating group) is 2. The number of nitrogens with zero attached hydrogens (tertiary/aromatic N) is 4. The summed E-state index contributed by atoms with van der Waals surface area (Å²) >= 11 is 0. The molecular weight excluding hydrogens is 450 g/mol. The van der Waals surface area contributed by atoms with Crippen LogP contribution in [0.4, 0.5) is 26.3 Å². The predicted octanol–water partition coefficient (Wildman–Crippen LogP) is 3.23. The molecule has 0 aliphatic rings. The van der Waals surface area contributed by atoms with Crippen LogP contribution in [-0.2, 0) is 17.5 Å². The van der Waals surface area contributed by atoms with Gasteiger partial charge < -0.3 is 14.4 Å². The average Bonchev–Trinajstić information content (AvgIpc) is 3.17. The van der Waals surface area contributed by atoms with Gasteiger partial charge in [-0.15, -0.1) is 0 Å². The number of halogens is 6. The van der Waals surface area contributed by atoms with Crippen LogP contribution in [0, 0.1) is 6.92 Å². The number of amides is 1. The summed E-state index contributed by atoms with van der Waals surface area (Å²) in [5.74, 6) is -4.96. The van der Waals surface area contributed by atoms with Crippen LogP contribution < -0.4 is 0 Å². The van der Waals surface area contributed by atoms with Crippen molar-refractivity contribution in [1.82, 2.24) is 19.8 Å². The maximum Gasteiger partial charge on any atom is 0.490 e. The Balaban J connectivity index is 0.000000633. The van der Waals surface area contributed by atoms with Crippen LogP contribution in [0.15, 0.2) is 29.1 Å². The monoisotopic (exact) mass is 470 g/mol. The molecule has 1 amide bonds. The molecule has 0 aliphatic carbocycles. The number of aryl methyl sites for hydroxylation is 1. The average molecular weight is 470 g/mol. The molecule has 178 valence electrons. The molecule has 0 fully saturated rings. The summed E-state index contributed by atoms with van der Waals surface area (Å²) in [6.45, 7) is 3.24. The third-order valence-corrected chi connectivity index (χ3v) is 3.97. The molecule has 2 aromatic heterocycles. The van der Waals surface area contributed by atoms with Crippen LogP contribution in [0.3, 0.4) is 0 Å². The Bertz CT molecular complexity index is 913. The Morgan fingerprint density at radius 1 is 1.09 bits per heavy atom. The Kier molecular flexibility index (Phi) is 9.18. The zero-order valence-corrected chi connectivity index (χ0v) is 17.2. The highest BCUT2D eigenvalue weighted by Crippen LogP contribution is 2.31. The number of alkyl halides is 6. The van der Waals surface area contributed by atoms with Crippen molar-refractivity contribution in [3.8, 4) is 0 Å². The first kappa shape index (κ1) is 26.9. The Morgan fingerprint density at radius 2 is 1.69 bits per heavy atom. The minimum absolute atomic E-state index is 0.241. The fraction of sp³-hybridized carbons (Fsp3) is 0.444. The zero-order valence-electron chi connectivity index (χ0n) is 17.2. The van der Waals surface area contributed by atoms with Crippen molar-refractivity contribution in [3.63, 3.8) is 0 Å². The van der Waals surface area contributed by atoms with Crippen LogP contribution in [0.5, 0.6) is 0 Å². The third kappa shape index (κ3) is 8.17. The summed E-state index contributed by atoms with van der Waals surface area (Å²) in [6.07, 6.45) is -7.51. The first-order valence-corrected chi connectivity index (χ1v) is 8.79. The largest absolute Gasteiger partial charge is 0.490 e. The van der Waals surface area contributed by atoms with Crippen LogP contribution in [0.2, 0.25) is 0 Å². The molecule has 2 aromatic rings. The fourth-order valence-corrected chi connectivity index (χ4v) is 2.22. The Hall–Kier alpha value is -3.16. The predicted molar refractivity (Wildman–Crippen MR) is 97.5 cm³/mol. The highest BCUT2D eigenvalue weighted by molar-refractivity contribution is 5.93. The summed E-state index contributed by atoms with van der Waals surface area (Å²) < 4.78 is 74.4. The molecule has 0 aliphatic heterocycles. The van der Waals surface area contributed by atoms with E-state index in [-0.39, 0.29) is 6.54 Å². The highest BCUT2D eigenvalue weighted by Gasteiger charge is 2.41. The van der Waals surface area contributed by atoms with Gasteiger partial charge in [-0.2, -0.15) is 26.3 Å². The number of hydrogen-bond donors (Lipinski definition) is 1. The Morgan fingerprint density at radius 3 is 2.19 bits per heavy atom. The zero-order chi connectivity index (χ0) is 24.7. The normalized spacial score (nSPS) is 11.7. The standard InChI is InChI=1S/C16H19F3N4O2.C2HF3O2/c1-11-5-4-6-20-12(11)9-22(2)7-8-23(3)15(24)13-14(16(17,18)19)25-10-21-13;3-2(4,5)1(6)7/h4-6,10H,7-9H2,1-3H3;(H,6,7). The first-order valence-electron chi connectivity index (χ1n) is 8.79. The van der Waals surface area contributed by atoms with Crippen molar-refractivity contribution in [3.05, 3.63) is 47.4 Å². The SMILES string of the molecule is Cc1cccnc1CN(C)CCN(C)C(=O)c1ncoc1C(F)(F)F.O=C(O)C(F)(F)F. The molecule has 14 heteroatoms. The second kappa shape index (κ2) is 10.9. The van der Waals surface area contributed by atoms with E-state index < -0.39 is 35.7 Å². The summed E-state index contributed by atoms with van der Waals surface area (Å²) in [5.41, 5.74) is 1.24. The molecule has 32 heavy (non-hydrogen) atoms. The second-order valence-electron chi connectivity index (χ2n) is 6.56. The molecule has 0 saturated heterocycles. The number of pyridine rings is 1. The maximum atomic E-state index is 12.8. The molecule has 8 nitrogen and oxygen atoms in total. The van der Waals surface area contributed by atoms with E-state index in [1.165, 1.54) is 11.9 Å². The molecule has 0 saturated carbocycles. The maximum absolute atomic E-state index is 12.8. The number of carboxylic acids is 1. The number of aliphatic carboxylic acids is 1. The summed E-state index contributed by atoms with van der Waals surface area (Å²) in [6, 6.07) is 3.80. The van der Waals surface area contributed by atoms with E-state index in [0.29, 0.717) is 19.5 Å². The number of carbonyl (C=O) groups excluding carboxylic acids is 1. The van der Waals surface area contributed by atoms with Gasteiger partial charge in [0.15, 0.2) is 12.1 Å². The molecule has 0 aromatic carbocycles. The number of aromatic nitrogens is 2. The van der Waals surface area contributed by atoms with Crippen molar-refractivity contribution in [2.45, 2.75) is 25.8 Å². The summed E-state index contributed by atoms with van der Waals surface area (Å²) in [5, 5.41) is 7.12. The van der Waals surface area contributed by atoms with Gasteiger partial charge in [-0.1, -0.05) is 6.07 Å². The van der Waals surface area contributed by atoms with E-state index in [9.17, 15) is 31.1 Å². The van der Waals surface area contributed by atoms with Crippen LogP contribution in [-0.4, -0.2) is 70.1 Å². The van der Waals surface area contributed by atoms with Gasteiger partial charge in [0, 0.05) is 32.9 Å². The molecule has 1 N–H and O–H groups in total. The Labute approximate surface area is 178 Å². The van der Waals surface area contributed by atoms with Crippen molar-refractivity contribution >= 4 is 11.9 Å². The lowest BCUT2D eigenvalue weighted by Gasteiger charge is -2.22. The lowest BCUT2D eigenvalue weighted by molar-refractivity contribution is -0.192. The molecule has 0 bridgehead atoms. The van der Waals surface area contributed by atoms with Crippen molar-refractivity contribution in [2.75, 3.05) is 27.2 Å². The lowest BCUT2D eigenvalue weighted by Crippen LogP contribution is -2.35. The molecular formula is C18H20F6N4O4. The van der Waals surface area contributed by atoms with Crippen molar-refractivity contribution in [2.24, 2.45) is 0 Å². The second-order valence-corrected chi connectivity index (χ2v) is 6.56. The van der Waals surface area contributed by atoms with Crippen LogP contribution in [0.25, 0.3) is 0 Å². The van der Waals surface area contributed by atoms with Gasteiger partial charge in [0.25, 0.3) is 5.91 Å². The van der Waals surface area contributed by atoms with Gasteiger partial charge in [-0.3, -0.25) is 14.7 Å². The number of carboxylic acid groups (broad SMARTS) is 1. The number of oxazole rings is 1. The topological polar surface area (TPSA) is 99.8 Å². The third-order valence-electron chi connectivity index (χ3n) is 3.97. The van der Waals surface area contributed by atoms with E-state index in [1.54, 1.807) is 6.20 Å². The number of carbonyl (C=O) groups is 2. The van der Waals surface area contributed by atoms with E-state index in [1.807, 2.05) is 31.0 Å². The highest BCUT2D eigenvalue weighted by atomic mass is 19.4. The number of rotatable bonds is 6. The van der Waals surface area contributed by atoms with Gasteiger partial charge in [-0.05, 0) is 25.6 Å². The van der Waals surface area contributed by atoms with E-state index in [0.717, 1.165) is 11.3 Å². The molecule has 0 radical (unpaired) electrons. The first-order chi connectivity index (χ1) is 14.6. The van der Waals surface area contributed by atoms with Gasteiger partial charge in [-0.25, -0.2) is 9.78 Å². The molecule has 0 spiro atoms. The molecule has 0 unspecified atom stereocenters. The van der Waals surface area contributed by atoms with Gasteiger partial charge in [0.05, 0.1) is 5.69 Å². The minimum Gasteiger partial charge on any atom is -0.475 e. The summed E-state index contributed by atoms with van der Waals surface area (Å²) in [4.78, 5) is 31.9. The van der Waals surface area contributed by atoms with E-state index in [2.05, 4.69) is 14.4 Å². The summed E-state index contributed by atoms with van der Waals surface area (Å²) in [7, 11) is 3.28. The number of hydrogen-bond acceptors (Lipinski definition) is 6. The lowest BCUT2D eigenvalue weighted by atomic mass is 10.2. The minimum atomic E-state index is -5.08. The van der Waals surface area contributed by atoms with Crippen LogP contribution >= 0.6 is 0 Å². The van der Waals surface area contributed by atoms with E-state index in [4.69, 9.17) is 9.90 Å². The molecule has 0 atom stereocenters. The van der Waals surface area contributed by atoms with E-state index >= 15 is 0 Å². The molecule has 2 rings (SSSR count). The smallest absolute Gasteiger partial charge is 0.475 e. The molecule has 2 heterocycles. The van der Waals surface area contributed by atoms with Gasteiger partial charge in [0.2, 0.25) is 5.76 Å². The quantitative estimate of drug-likeness (QED) is 0.647. The van der Waals surface area contributed by atoms with Crippen molar-refractivity contribution < 1.29 is 45.5 Å².